The Bertz CT molecular complexity index is 1220. The molecule has 4 rings (SSSR count). The predicted octanol–water partition coefficient (Wildman–Crippen LogP) is 5.79. The summed E-state index contributed by atoms with van der Waals surface area (Å²) in [5, 5.41) is 16.0. The van der Waals surface area contributed by atoms with E-state index in [1.54, 1.807) is 5.38 Å². The summed E-state index contributed by atoms with van der Waals surface area (Å²) in [6.45, 7) is 4.02. The first-order chi connectivity index (χ1) is 16.0. The average molecular weight is 498 g/mol. The van der Waals surface area contributed by atoms with Crippen molar-refractivity contribution in [2.45, 2.75) is 43.6 Å². The molecule has 0 aliphatic rings. The van der Waals surface area contributed by atoms with Crippen molar-refractivity contribution in [1.82, 2.24) is 25.1 Å². The van der Waals surface area contributed by atoms with Crippen LogP contribution in [0.25, 0.3) is 5.69 Å². The van der Waals surface area contributed by atoms with Gasteiger partial charge in [0, 0.05) is 22.9 Å². The lowest BCUT2D eigenvalue weighted by Crippen LogP contribution is -2.32. The topological polar surface area (TPSA) is 72.7 Å². The molecule has 0 spiro atoms. The highest BCUT2D eigenvalue weighted by molar-refractivity contribution is 7.98. The first-order valence-electron chi connectivity index (χ1n) is 10.7. The van der Waals surface area contributed by atoms with Crippen LogP contribution in [-0.2, 0) is 12.2 Å². The first kappa shape index (κ1) is 23.5. The zero-order chi connectivity index (χ0) is 23.2. The van der Waals surface area contributed by atoms with Crippen molar-refractivity contribution in [2.24, 2.45) is 0 Å². The summed E-state index contributed by atoms with van der Waals surface area (Å²) in [6.07, 6.45) is 1.53. The molecular weight excluding hydrogens is 474 g/mol. The number of nitrogens with one attached hydrogen (secondary N) is 1. The van der Waals surface area contributed by atoms with E-state index in [4.69, 9.17) is 11.6 Å². The minimum atomic E-state index is -0.135. The van der Waals surface area contributed by atoms with Crippen molar-refractivity contribution in [1.29, 1.82) is 0 Å². The van der Waals surface area contributed by atoms with Crippen LogP contribution in [0.4, 0.5) is 0 Å². The van der Waals surface area contributed by atoms with Gasteiger partial charge in [-0.1, -0.05) is 66.7 Å². The number of hydrogen-bond donors (Lipinski definition) is 1. The molecule has 0 fully saturated rings. The van der Waals surface area contributed by atoms with Gasteiger partial charge in [-0.05, 0) is 37.1 Å². The highest BCUT2D eigenvalue weighted by atomic mass is 35.5. The van der Waals surface area contributed by atoms with Crippen molar-refractivity contribution in [3.63, 3.8) is 0 Å². The quantitative estimate of drug-likeness (QED) is 0.296. The van der Waals surface area contributed by atoms with E-state index in [2.05, 4.69) is 32.6 Å². The molecule has 6 nitrogen and oxygen atoms in total. The maximum Gasteiger partial charge on any atom is 0.270 e. The van der Waals surface area contributed by atoms with Crippen LogP contribution in [-0.4, -0.2) is 31.7 Å². The molecule has 33 heavy (non-hydrogen) atoms. The van der Waals surface area contributed by atoms with Gasteiger partial charge in [0.15, 0.2) is 5.16 Å². The van der Waals surface area contributed by atoms with Crippen LogP contribution >= 0.6 is 34.7 Å². The number of carbonyl (C=O) groups is 1. The lowest BCUT2D eigenvalue weighted by Gasteiger charge is -2.10. The summed E-state index contributed by atoms with van der Waals surface area (Å²) < 4.78 is 2.04. The average Bonchev–Trinajstić information content (AvgIpc) is 3.45. The Hall–Kier alpha value is -2.68. The Balaban J connectivity index is 1.55. The van der Waals surface area contributed by atoms with Crippen LogP contribution in [0.3, 0.4) is 0 Å². The molecule has 0 bridgehead atoms. The second-order valence-corrected chi connectivity index (χ2v) is 9.90. The van der Waals surface area contributed by atoms with Crippen molar-refractivity contribution < 1.29 is 4.79 Å². The number of hydrogen-bond acceptors (Lipinski definition) is 6. The van der Waals surface area contributed by atoms with E-state index in [9.17, 15) is 4.79 Å². The SMILES string of the molecule is CCC(C)NC(=O)c1csc(CSc2nnc(Cc3ccccc3)n2-c2cccc(Cl)c2)n1. The fourth-order valence-corrected chi connectivity index (χ4v) is 5.12. The molecule has 4 aromatic rings. The van der Waals surface area contributed by atoms with Crippen LogP contribution < -0.4 is 5.32 Å². The fraction of sp³-hybridized carbons (Fsp3) is 0.250. The number of thioether (sulfide) groups is 1. The molecule has 1 amide bonds. The minimum Gasteiger partial charge on any atom is -0.348 e. The molecule has 170 valence electrons. The number of nitrogens with zero attached hydrogens (tertiary/aromatic N) is 4. The van der Waals surface area contributed by atoms with E-state index in [-0.39, 0.29) is 11.9 Å². The van der Waals surface area contributed by atoms with Gasteiger partial charge in [0.2, 0.25) is 0 Å². The van der Waals surface area contributed by atoms with E-state index in [0.29, 0.717) is 22.9 Å². The number of rotatable bonds is 9. The van der Waals surface area contributed by atoms with Crippen molar-refractivity contribution >= 4 is 40.6 Å². The molecule has 0 aliphatic heterocycles. The third-order valence-corrected chi connectivity index (χ3v) is 7.28. The second kappa shape index (κ2) is 11.0. The van der Waals surface area contributed by atoms with Gasteiger partial charge in [-0.15, -0.1) is 21.5 Å². The van der Waals surface area contributed by atoms with E-state index < -0.39 is 0 Å². The third kappa shape index (κ3) is 6.01. The van der Waals surface area contributed by atoms with Gasteiger partial charge in [-0.2, -0.15) is 0 Å². The number of thiazole rings is 1. The van der Waals surface area contributed by atoms with Crippen LogP contribution in [0.5, 0.6) is 0 Å². The third-order valence-electron chi connectivity index (χ3n) is 5.07. The van der Waals surface area contributed by atoms with Gasteiger partial charge in [0.1, 0.15) is 16.5 Å². The van der Waals surface area contributed by atoms with E-state index in [0.717, 1.165) is 33.7 Å². The molecular formula is C24H24ClN5OS2. The standard InChI is InChI=1S/C24H24ClN5OS2/c1-3-16(2)26-23(31)20-14-32-22(27-20)15-33-24-29-28-21(12-17-8-5-4-6-9-17)30(24)19-11-7-10-18(25)13-19/h4-11,13-14,16H,3,12,15H2,1-2H3,(H,26,31). The Morgan fingerprint density at radius 1 is 1.18 bits per heavy atom. The fourth-order valence-electron chi connectivity index (χ4n) is 3.17. The molecule has 9 heteroatoms. The number of benzene rings is 2. The van der Waals surface area contributed by atoms with Gasteiger partial charge in [-0.3, -0.25) is 9.36 Å². The monoisotopic (exact) mass is 497 g/mol. The van der Waals surface area contributed by atoms with Crippen LogP contribution in [0.15, 0.2) is 65.1 Å². The number of amides is 1. The van der Waals surface area contributed by atoms with Gasteiger partial charge in [-0.25, -0.2) is 4.98 Å². The summed E-state index contributed by atoms with van der Waals surface area (Å²) in [7, 11) is 0. The van der Waals surface area contributed by atoms with Gasteiger partial charge in [0.05, 0.1) is 11.4 Å². The van der Waals surface area contributed by atoms with Crippen molar-refractivity contribution in [2.75, 3.05) is 0 Å². The summed E-state index contributed by atoms with van der Waals surface area (Å²) in [4.78, 5) is 16.8. The summed E-state index contributed by atoms with van der Waals surface area (Å²) in [6, 6.07) is 18.0. The van der Waals surface area contributed by atoms with Crippen LogP contribution in [0, 0.1) is 0 Å². The molecule has 1 atom stereocenters. The Morgan fingerprint density at radius 3 is 2.76 bits per heavy atom. The van der Waals surface area contributed by atoms with Gasteiger partial charge < -0.3 is 5.32 Å². The van der Waals surface area contributed by atoms with Gasteiger partial charge in [0.25, 0.3) is 5.91 Å². The van der Waals surface area contributed by atoms with Crippen LogP contribution in [0.2, 0.25) is 5.02 Å². The van der Waals surface area contributed by atoms with E-state index >= 15 is 0 Å². The highest BCUT2D eigenvalue weighted by Gasteiger charge is 2.17. The lowest BCUT2D eigenvalue weighted by molar-refractivity contribution is 0.0935. The summed E-state index contributed by atoms with van der Waals surface area (Å²) in [5.74, 6) is 1.29. The molecule has 2 heterocycles. The predicted molar refractivity (Wildman–Crippen MR) is 135 cm³/mol. The molecule has 2 aromatic carbocycles. The number of halogens is 1. The highest BCUT2D eigenvalue weighted by Crippen LogP contribution is 2.28. The summed E-state index contributed by atoms with van der Waals surface area (Å²) in [5.41, 5.74) is 2.52. The molecule has 1 N–H and O–H groups in total. The lowest BCUT2D eigenvalue weighted by atomic mass is 10.1. The van der Waals surface area contributed by atoms with E-state index in [1.165, 1.54) is 23.1 Å². The Morgan fingerprint density at radius 2 is 2.00 bits per heavy atom. The maximum atomic E-state index is 12.3. The van der Waals surface area contributed by atoms with Crippen molar-refractivity contribution in [3.05, 3.63) is 87.1 Å². The first-order valence-corrected chi connectivity index (χ1v) is 12.9. The zero-order valence-electron chi connectivity index (χ0n) is 18.4. The zero-order valence-corrected chi connectivity index (χ0v) is 20.8. The molecule has 0 saturated carbocycles. The molecule has 0 saturated heterocycles. The Labute approximate surface area is 206 Å². The molecule has 2 aromatic heterocycles. The van der Waals surface area contributed by atoms with Crippen LogP contribution in [0.1, 0.15) is 47.2 Å². The molecule has 0 radical (unpaired) electrons. The smallest absolute Gasteiger partial charge is 0.270 e. The van der Waals surface area contributed by atoms with Crippen molar-refractivity contribution in [3.8, 4) is 5.69 Å². The second-order valence-electron chi connectivity index (χ2n) is 7.57. The number of aromatic nitrogens is 4. The minimum absolute atomic E-state index is 0.122. The normalized spacial score (nSPS) is 12.0. The molecule has 0 aliphatic carbocycles. The number of carbonyl (C=O) groups excluding carboxylic acids is 1. The van der Waals surface area contributed by atoms with E-state index in [1.807, 2.05) is 60.9 Å². The maximum absolute atomic E-state index is 12.3. The largest absolute Gasteiger partial charge is 0.348 e. The molecule has 1 unspecified atom stereocenters. The Kier molecular flexibility index (Phi) is 7.80. The summed E-state index contributed by atoms with van der Waals surface area (Å²) >= 11 is 9.28. The van der Waals surface area contributed by atoms with Gasteiger partial charge >= 0.3 is 0 Å².